The van der Waals surface area contributed by atoms with E-state index in [1.165, 1.54) is 31.9 Å². The molecule has 25 heavy (non-hydrogen) atoms. The highest BCUT2D eigenvalue weighted by molar-refractivity contribution is 7.84. The number of thiophene rings is 1. The van der Waals surface area contributed by atoms with Crippen molar-refractivity contribution in [3.05, 3.63) is 35.5 Å². The number of nitrogens with zero attached hydrogens (tertiary/aromatic N) is 2. The summed E-state index contributed by atoms with van der Waals surface area (Å²) in [5.41, 5.74) is 1.42. The van der Waals surface area contributed by atoms with Gasteiger partial charge in [0.2, 0.25) is 0 Å². The van der Waals surface area contributed by atoms with Gasteiger partial charge >= 0.3 is 0 Å². The third-order valence-corrected chi connectivity index (χ3v) is 5.41. The van der Waals surface area contributed by atoms with Crippen LogP contribution in [0.5, 0.6) is 11.5 Å². The topological polar surface area (TPSA) is 90.4 Å². The molecule has 0 spiro atoms. The number of amides is 1. The molecule has 0 aliphatic heterocycles. The van der Waals surface area contributed by atoms with Gasteiger partial charge < -0.3 is 14.8 Å². The van der Waals surface area contributed by atoms with E-state index in [1.54, 1.807) is 29.8 Å². The Hall–Kier alpha value is -2.52. The zero-order chi connectivity index (χ0) is 18.0. The lowest BCUT2D eigenvalue weighted by molar-refractivity contribution is 0.102. The van der Waals surface area contributed by atoms with Gasteiger partial charge in [-0.05, 0) is 0 Å². The lowest BCUT2D eigenvalue weighted by Gasteiger charge is -2.09. The van der Waals surface area contributed by atoms with Crippen LogP contribution < -0.4 is 14.8 Å². The van der Waals surface area contributed by atoms with Crippen molar-refractivity contribution in [3.8, 4) is 11.5 Å². The molecule has 3 aromatic rings. The zero-order valence-electron chi connectivity index (χ0n) is 13.7. The number of carbonyl (C=O) groups excluding carboxylic acids is 1. The molecule has 0 saturated heterocycles. The van der Waals surface area contributed by atoms with Gasteiger partial charge in [0, 0.05) is 35.5 Å². The Balaban J connectivity index is 1.96. The second kappa shape index (κ2) is 7.16. The molecule has 9 heteroatoms. The van der Waals surface area contributed by atoms with E-state index < -0.39 is 10.8 Å². The molecule has 7 nitrogen and oxygen atoms in total. The first-order valence-electron chi connectivity index (χ1n) is 7.13. The summed E-state index contributed by atoms with van der Waals surface area (Å²) in [5.74, 6) is 0.805. The van der Waals surface area contributed by atoms with Crippen LogP contribution in [-0.2, 0) is 10.8 Å². The summed E-state index contributed by atoms with van der Waals surface area (Å²) in [4.78, 5) is 20.9. The number of methoxy groups -OCH3 is 2. The number of carbonyl (C=O) groups is 1. The number of aromatic nitrogens is 2. The van der Waals surface area contributed by atoms with E-state index in [-0.39, 0.29) is 5.91 Å². The molecule has 2 heterocycles. The van der Waals surface area contributed by atoms with Crippen molar-refractivity contribution in [1.29, 1.82) is 0 Å². The molecule has 3 rings (SSSR count). The minimum Gasteiger partial charge on any atom is -0.497 e. The van der Waals surface area contributed by atoms with Crippen molar-refractivity contribution in [2.24, 2.45) is 0 Å². The molecule has 0 aliphatic carbocycles. The number of hydrogen-bond acceptors (Lipinski definition) is 7. The van der Waals surface area contributed by atoms with E-state index in [9.17, 15) is 9.00 Å². The van der Waals surface area contributed by atoms with Crippen LogP contribution >= 0.6 is 11.3 Å². The number of hydrogen-bond donors (Lipinski definition) is 1. The van der Waals surface area contributed by atoms with Gasteiger partial charge in [0.15, 0.2) is 0 Å². The lowest BCUT2D eigenvalue weighted by atomic mass is 10.2. The number of anilines is 1. The third kappa shape index (κ3) is 3.47. The van der Waals surface area contributed by atoms with Crippen LogP contribution in [0.15, 0.2) is 34.9 Å². The summed E-state index contributed by atoms with van der Waals surface area (Å²) in [6.45, 7) is 0. The second-order valence-electron chi connectivity index (χ2n) is 5.02. The molecule has 0 bridgehead atoms. The first kappa shape index (κ1) is 17.3. The van der Waals surface area contributed by atoms with Crippen molar-refractivity contribution in [2.75, 3.05) is 25.8 Å². The summed E-state index contributed by atoms with van der Waals surface area (Å²) in [6.07, 6.45) is 2.86. The summed E-state index contributed by atoms with van der Waals surface area (Å²) < 4.78 is 22.8. The van der Waals surface area contributed by atoms with E-state index in [1.807, 2.05) is 0 Å². The monoisotopic (exact) mass is 377 g/mol. The van der Waals surface area contributed by atoms with E-state index in [2.05, 4.69) is 15.3 Å². The zero-order valence-corrected chi connectivity index (χ0v) is 15.4. The predicted molar refractivity (Wildman–Crippen MR) is 97.2 cm³/mol. The summed E-state index contributed by atoms with van der Waals surface area (Å²) in [7, 11) is 1.82. The average molecular weight is 377 g/mol. The van der Waals surface area contributed by atoms with Crippen molar-refractivity contribution < 1.29 is 18.5 Å². The van der Waals surface area contributed by atoms with Crippen LogP contribution in [0, 0.1) is 0 Å². The largest absolute Gasteiger partial charge is 0.497 e. The Morgan fingerprint density at radius 1 is 1.16 bits per heavy atom. The molecule has 2 aromatic heterocycles. The SMILES string of the molecule is COc1cc(NC(=O)c2csc3c([S@@](C)=O)ncnc23)cc(OC)c1. The molecule has 0 fully saturated rings. The number of nitrogens with one attached hydrogen (secondary N) is 1. The molecule has 0 aliphatic rings. The Morgan fingerprint density at radius 3 is 2.44 bits per heavy atom. The summed E-state index contributed by atoms with van der Waals surface area (Å²) in [5, 5.41) is 4.92. The maximum Gasteiger partial charge on any atom is 0.258 e. The normalized spacial score (nSPS) is 12.0. The lowest BCUT2D eigenvalue weighted by Crippen LogP contribution is -2.12. The highest BCUT2D eigenvalue weighted by atomic mass is 32.2. The van der Waals surface area contributed by atoms with Gasteiger partial charge in [0.25, 0.3) is 5.91 Å². The molecule has 1 N–H and O–H groups in total. The molecule has 1 aromatic carbocycles. The summed E-state index contributed by atoms with van der Waals surface area (Å²) in [6, 6.07) is 5.10. The van der Waals surface area contributed by atoms with Crippen molar-refractivity contribution in [1.82, 2.24) is 9.97 Å². The van der Waals surface area contributed by atoms with Gasteiger partial charge in [0.05, 0.1) is 40.8 Å². The van der Waals surface area contributed by atoms with Gasteiger partial charge in [-0.15, -0.1) is 11.3 Å². The highest BCUT2D eigenvalue weighted by Gasteiger charge is 2.18. The smallest absolute Gasteiger partial charge is 0.258 e. The Kier molecular flexibility index (Phi) is 4.95. The molecular weight excluding hydrogens is 362 g/mol. The fourth-order valence-corrected chi connectivity index (χ4v) is 4.21. The maximum atomic E-state index is 12.6. The molecular formula is C16H15N3O4S2. The second-order valence-corrected chi connectivity index (χ2v) is 7.19. The maximum absolute atomic E-state index is 12.6. The molecule has 0 radical (unpaired) electrons. The van der Waals surface area contributed by atoms with Gasteiger partial charge in [-0.2, -0.15) is 0 Å². The molecule has 1 amide bonds. The minimum atomic E-state index is -1.26. The number of fused-ring (bicyclic) bond motifs is 1. The standard InChI is InChI=1S/C16H15N3O4S2/c1-22-10-4-9(5-11(6-10)23-2)19-15(20)12-7-24-14-13(12)17-8-18-16(14)25(3)21/h4-8H,1-3H3,(H,19,20)/t25-/m1/s1. The fourth-order valence-electron chi connectivity index (χ4n) is 2.27. The van der Waals surface area contributed by atoms with Crippen LogP contribution in [0.4, 0.5) is 5.69 Å². The number of rotatable bonds is 5. The van der Waals surface area contributed by atoms with E-state index in [0.29, 0.717) is 38.0 Å². The quantitative estimate of drug-likeness (QED) is 0.688. The van der Waals surface area contributed by atoms with Crippen LogP contribution in [0.3, 0.4) is 0 Å². The van der Waals surface area contributed by atoms with Crippen molar-refractivity contribution >= 4 is 43.9 Å². The van der Waals surface area contributed by atoms with Crippen LogP contribution in [0.2, 0.25) is 0 Å². The molecule has 130 valence electrons. The molecule has 0 saturated carbocycles. The highest BCUT2D eigenvalue weighted by Crippen LogP contribution is 2.30. The Labute approximate surface area is 150 Å². The van der Waals surface area contributed by atoms with Crippen LogP contribution in [0.25, 0.3) is 10.2 Å². The van der Waals surface area contributed by atoms with Crippen molar-refractivity contribution in [2.45, 2.75) is 5.03 Å². The van der Waals surface area contributed by atoms with E-state index in [0.717, 1.165) is 0 Å². The van der Waals surface area contributed by atoms with Gasteiger partial charge in [-0.3, -0.25) is 9.00 Å². The average Bonchev–Trinajstić information content (AvgIpc) is 3.05. The van der Waals surface area contributed by atoms with Crippen LogP contribution in [-0.4, -0.2) is 40.6 Å². The number of ether oxygens (including phenoxy) is 2. The molecule has 0 unspecified atom stereocenters. The van der Waals surface area contributed by atoms with E-state index >= 15 is 0 Å². The van der Waals surface area contributed by atoms with Crippen molar-refractivity contribution in [3.63, 3.8) is 0 Å². The Bertz CT molecular complexity index is 949. The van der Waals surface area contributed by atoms with Gasteiger partial charge in [-0.1, -0.05) is 0 Å². The summed E-state index contributed by atoms with van der Waals surface area (Å²) >= 11 is 1.29. The predicted octanol–water partition coefficient (Wildman–Crippen LogP) is 2.70. The fraction of sp³-hybridized carbons (Fsp3) is 0.188. The third-order valence-electron chi connectivity index (χ3n) is 3.45. The first-order valence-corrected chi connectivity index (χ1v) is 9.57. The van der Waals surface area contributed by atoms with Gasteiger partial charge in [-0.25, -0.2) is 9.97 Å². The van der Waals surface area contributed by atoms with Crippen LogP contribution in [0.1, 0.15) is 10.4 Å². The Morgan fingerprint density at radius 2 is 1.84 bits per heavy atom. The minimum absolute atomic E-state index is 0.326. The van der Waals surface area contributed by atoms with E-state index in [4.69, 9.17) is 9.47 Å². The molecule has 1 atom stereocenters. The number of benzene rings is 1. The van der Waals surface area contributed by atoms with Gasteiger partial charge in [0.1, 0.15) is 22.9 Å². The first-order chi connectivity index (χ1) is 12.0.